The number of anilines is 1. The molecule has 0 fully saturated rings. The summed E-state index contributed by atoms with van der Waals surface area (Å²) in [6, 6.07) is 11.6. The average molecular weight is 287 g/mol. The number of rotatable bonds is 6. The van der Waals surface area contributed by atoms with Crippen molar-refractivity contribution < 1.29 is 9.32 Å². The van der Waals surface area contributed by atoms with Gasteiger partial charge in [-0.15, -0.1) is 0 Å². The zero-order chi connectivity index (χ0) is 15.2. The van der Waals surface area contributed by atoms with Crippen LogP contribution in [0.4, 0.5) is 5.82 Å². The Labute approximate surface area is 124 Å². The van der Waals surface area contributed by atoms with Crippen LogP contribution in [-0.2, 0) is 11.3 Å². The molecular formula is C16H21N3O2. The number of carbonyl (C=O) groups excluding carboxylic acids is 1. The van der Waals surface area contributed by atoms with Crippen molar-refractivity contribution in [2.24, 2.45) is 0 Å². The average Bonchev–Trinajstić information content (AvgIpc) is 2.86. The monoisotopic (exact) mass is 287 g/mol. The molecular weight excluding hydrogens is 266 g/mol. The van der Waals surface area contributed by atoms with Crippen molar-refractivity contribution in [3.05, 3.63) is 47.7 Å². The van der Waals surface area contributed by atoms with Crippen molar-refractivity contribution in [2.75, 3.05) is 12.4 Å². The molecule has 5 heteroatoms. The molecule has 0 saturated carbocycles. The third kappa shape index (κ3) is 4.16. The lowest BCUT2D eigenvalue weighted by atomic mass is 10.1. The summed E-state index contributed by atoms with van der Waals surface area (Å²) in [6.45, 7) is 4.52. The Morgan fingerprint density at radius 1 is 1.38 bits per heavy atom. The number of hydrogen-bond acceptors (Lipinski definition) is 4. The van der Waals surface area contributed by atoms with Crippen LogP contribution in [0.2, 0.25) is 0 Å². The van der Waals surface area contributed by atoms with Crippen molar-refractivity contribution >= 4 is 11.7 Å². The first-order valence-corrected chi connectivity index (χ1v) is 7.08. The van der Waals surface area contributed by atoms with E-state index in [-0.39, 0.29) is 11.9 Å². The molecule has 1 aromatic heterocycles. The highest BCUT2D eigenvalue weighted by Gasteiger charge is 2.22. The zero-order valence-electron chi connectivity index (χ0n) is 12.7. The molecule has 5 nitrogen and oxygen atoms in total. The van der Waals surface area contributed by atoms with Crippen LogP contribution in [0, 0.1) is 6.92 Å². The second-order valence-electron chi connectivity index (χ2n) is 5.14. The predicted molar refractivity (Wildman–Crippen MR) is 81.9 cm³/mol. The standard InChI is InChI=1S/C16H21N3O2/c1-4-14(16(20)17-15-10-12(2)21-18-15)19(3)11-13-8-6-5-7-9-13/h5-10,14H,4,11H2,1-3H3,(H,17,18,20)/t14-/m0/s1. The number of nitrogens with one attached hydrogen (secondary N) is 1. The van der Waals surface area contributed by atoms with Crippen LogP contribution in [0.25, 0.3) is 0 Å². The minimum atomic E-state index is -0.206. The lowest BCUT2D eigenvalue weighted by molar-refractivity contribution is -0.121. The maximum absolute atomic E-state index is 12.4. The van der Waals surface area contributed by atoms with Gasteiger partial charge in [0.05, 0.1) is 6.04 Å². The number of aromatic nitrogens is 1. The van der Waals surface area contributed by atoms with Crippen LogP contribution in [0.5, 0.6) is 0 Å². The molecule has 0 radical (unpaired) electrons. The second kappa shape index (κ2) is 7.04. The maximum Gasteiger partial charge on any atom is 0.242 e. The minimum Gasteiger partial charge on any atom is -0.360 e. The van der Waals surface area contributed by atoms with E-state index in [0.29, 0.717) is 11.6 Å². The van der Waals surface area contributed by atoms with Crippen molar-refractivity contribution in [1.82, 2.24) is 10.1 Å². The van der Waals surface area contributed by atoms with E-state index in [0.717, 1.165) is 13.0 Å². The molecule has 1 N–H and O–H groups in total. The largest absolute Gasteiger partial charge is 0.360 e. The summed E-state index contributed by atoms with van der Waals surface area (Å²) in [5.74, 6) is 1.07. The number of aryl methyl sites for hydroxylation is 1. The van der Waals surface area contributed by atoms with Gasteiger partial charge in [-0.05, 0) is 26.0 Å². The molecule has 0 spiro atoms. The number of nitrogens with zero attached hydrogens (tertiary/aromatic N) is 2. The van der Waals surface area contributed by atoms with Crippen molar-refractivity contribution in [1.29, 1.82) is 0 Å². The SMILES string of the molecule is CC[C@@H](C(=O)Nc1cc(C)on1)N(C)Cc1ccccc1. The summed E-state index contributed by atoms with van der Waals surface area (Å²) in [5.41, 5.74) is 1.18. The van der Waals surface area contributed by atoms with Crippen LogP contribution in [0.3, 0.4) is 0 Å². The molecule has 0 aliphatic rings. The third-order valence-corrected chi connectivity index (χ3v) is 3.38. The highest BCUT2D eigenvalue weighted by Crippen LogP contribution is 2.12. The van der Waals surface area contributed by atoms with E-state index >= 15 is 0 Å². The number of likely N-dealkylation sites (N-methyl/N-ethyl adjacent to an activating group) is 1. The first-order chi connectivity index (χ1) is 10.1. The van der Waals surface area contributed by atoms with Crippen molar-refractivity contribution in [2.45, 2.75) is 32.9 Å². The van der Waals surface area contributed by atoms with Gasteiger partial charge in [0, 0.05) is 12.6 Å². The second-order valence-corrected chi connectivity index (χ2v) is 5.14. The predicted octanol–water partition coefficient (Wildman–Crippen LogP) is 2.83. The van der Waals surface area contributed by atoms with Gasteiger partial charge in [0.1, 0.15) is 5.76 Å². The van der Waals surface area contributed by atoms with E-state index in [2.05, 4.69) is 22.6 Å². The number of carbonyl (C=O) groups is 1. The van der Waals surface area contributed by atoms with Gasteiger partial charge in [0.15, 0.2) is 5.82 Å². The third-order valence-electron chi connectivity index (χ3n) is 3.38. The fourth-order valence-electron chi connectivity index (χ4n) is 2.31. The van der Waals surface area contributed by atoms with Crippen LogP contribution in [0.15, 0.2) is 40.9 Å². The van der Waals surface area contributed by atoms with Crippen LogP contribution >= 0.6 is 0 Å². The summed E-state index contributed by atoms with van der Waals surface area (Å²) in [7, 11) is 1.95. The van der Waals surface area contributed by atoms with Gasteiger partial charge in [-0.2, -0.15) is 0 Å². The van der Waals surface area contributed by atoms with Gasteiger partial charge >= 0.3 is 0 Å². The van der Waals surface area contributed by atoms with Gasteiger partial charge in [0.25, 0.3) is 0 Å². The molecule has 1 amide bonds. The number of amides is 1. The van der Waals surface area contributed by atoms with Crippen LogP contribution in [-0.4, -0.2) is 29.1 Å². The molecule has 0 saturated heterocycles. The lowest BCUT2D eigenvalue weighted by Crippen LogP contribution is -2.41. The first-order valence-electron chi connectivity index (χ1n) is 7.08. The van der Waals surface area contributed by atoms with Gasteiger partial charge in [-0.25, -0.2) is 0 Å². The van der Waals surface area contributed by atoms with Crippen molar-refractivity contribution in [3.8, 4) is 0 Å². The summed E-state index contributed by atoms with van der Waals surface area (Å²) in [6.07, 6.45) is 0.728. The zero-order valence-corrected chi connectivity index (χ0v) is 12.7. The summed E-state index contributed by atoms with van der Waals surface area (Å²) < 4.78 is 4.96. The molecule has 0 aliphatic carbocycles. The Bertz CT molecular complexity index is 580. The first kappa shape index (κ1) is 15.3. The Kier molecular flexibility index (Phi) is 5.11. The molecule has 1 heterocycles. The Balaban J connectivity index is 1.99. The Morgan fingerprint density at radius 3 is 2.67 bits per heavy atom. The molecule has 2 rings (SSSR count). The normalized spacial score (nSPS) is 12.4. The maximum atomic E-state index is 12.4. The highest BCUT2D eigenvalue weighted by molar-refractivity contribution is 5.93. The molecule has 0 aliphatic heterocycles. The fraction of sp³-hybridized carbons (Fsp3) is 0.375. The molecule has 112 valence electrons. The van der Waals surface area contributed by atoms with E-state index in [1.807, 2.05) is 37.1 Å². The fourth-order valence-corrected chi connectivity index (χ4v) is 2.31. The van der Waals surface area contributed by atoms with Gasteiger partial charge < -0.3 is 9.84 Å². The lowest BCUT2D eigenvalue weighted by Gasteiger charge is -2.25. The molecule has 0 unspecified atom stereocenters. The van der Waals surface area contributed by atoms with Crippen LogP contribution < -0.4 is 5.32 Å². The number of hydrogen-bond donors (Lipinski definition) is 1. The van der Waals surface area contributed by atoms with Gasteiger partial charge in [-0.3, -0.25) is 9.69 Å². The summed E-state index contributed by atoms with van der Waals surface area (Å²) in [4.78, 5) is 14.4. The smallest absolute Gasteiger partial charge is 0.242 e. The van der Waals surface area contributed by atoms with Crippen molar-refractivity contribution in [3.63, 3.8) is 0 Å². The van der Waals surface area contributed by atoms with E-state index < -0.39 is 0 Å². The van der Waals surface area contributed by atoms with E-state index in [1.165, 1.54) is 5.56 Å². The van der Waals surface area contributed by atoms with Crippen LogP contribution in [0.1, 0.15) is 24.7 Å². The quantitative estimate of drug-likeness (QED) is 0.887. The molecule has 2 aromatic rings. The summed E-state index contributed by atoms with van der Waals surface area (Å²) >= 11 is 0. The number of benzene rings is 1. The Morgan fingerprint density at radius 2 is 2.10 bits per heavy atom. The molecule has 1 aromatic carbocycles. The highest BCUT2D eigenvalue weighted by atomic mass is 16.5. The molecule has 21 heavy (non-hydrogen) atoms. The van der Waals surface area contributed by atoms with E-state index in [1.54, 1.807) is 13.0 Å². The topological polar surface area (TPSA) is 58.4 Å². The van der Waals surface area contributed by atoms with Gasteiger partial charge in [-0.1, -0.05) is 42.4 Å². The minimum absolute atomic E-state index is 0.0655. The van der Waals surface area contributed by atoms with Gasteiger partial charge in [0.2, 0.25) is 5.91 Å². The molecule has 1 atom stereocenters. The van der Waals surface area contributed by atoms with E-state index in [4.69, 9.17) is 4.52 Å². The molecule has 0 bridgehead atoms. The Hall–Kier alpha value is -2.14. The summed E-state index contributed by atoms with van der Waals surface area (Å²) in [5, 5.41) is 6.59. The van der Waals surface area contributed by atoms with E-state index in [9.17, 15) is 4.79 Å².